The summed E-state index contributed by atoms with van der Waals surface area (Å²) in [6.45, 7) is 0. The fraction of sp³-hybridized carbons (Fsp3) is 0.133. The van der Waals surface area contributed by atoms with Gasteiger partial charge in [-0.25, -0.2) is 0 Å². The van der Waals surface area contributed by atoms with Crippen LogP contribution < -0.4 is 0 Å². The summed E-state index contributed by atoms with van der Waals surface area (Å²) in [5.74, 6) is 0.672. The second kappa shape index (κ2) is 6.42. The first-order chi connectivity index (χ1) is 9.15. The smallest absolute Gasteiger partial charge is 0.193 e. The Balaban J connectivity index is 2.36. The Morgan fingerprint density at radius 1 is 0.842 bits per heavy atom. The van der Waals surface area contributed by atoms with Crippen LogP contribution in [0, 0.1) is 0 Å². The molecule has 0 unspecified atom stereocenters. The molecule has 4 heteroatoms. The van der Waals surface area contributed by atoms with Crippen LogP contribution in [-0.4, -0.2) is 5.78 Å². The molecule has 0 heterocycles. The first-order valence-corrected chi connectivity index (χ1v) is 7.14. The third kappa shape index (κ3) is 3.30. The van der Waals surface area contributed by atoms with Gasteiger partial charge in [-0.3, -0.25) is 4.79 Å². The van der Waals surface area contributed by atoms with Crippen LogP contribution in [0.4, 0.5) is 0 Å². The molecule has 0 aliphatic carbocycles. The third-order valence-corrected chi connectivity index (χ3v) is 3.69. The van der Waals surface area contributed by atoms with Crippen molar-refractivity contribution in [3.63, 3.8) is 0 Å². The molecule has 2 rings (SSSR count). The van der Waals surface area contributed by atoms with Crippen LogP contribution in [0.25, 0.3) is 0 Å². The van der Waals surface area contributed by atoms with Gasteiger partial charge in [0.25, 0.3) is 0 Å². The maximum absolute atomic E-state index is 12.3. The SMILES string of the molecule is O=C(c1ccc(Cl)cc1)c1ccc(CCl)c(CCl)c1. The van der Waals surface area contributed by atoms with Crippen molar-refractivity contribution in [1.29, 1.82) is 0 Å². The van der Waals surface area contributed by atoms with E-state index >= 15 is 0 Å². The number of hydrogen-bond donors (Lipinski definition) is 0. The Labute approximate surface area is 127 Å². The molecule has 0 amide bonds. The van der Waals surface area contributed by atoms with Crippen molar-refractivity contribution in [2.45, 2.75) is 11.8 Å². The second-order valence-electron chi connectivity index (χ2n) is 4.09. The molecule has 0 bridgehead atoms. The van der Waals surface area contributed by atoms with Crippen molar-refractivity contribution in [3.05, 3.63) is 69.7 Å². The largest absolute Gasteiger partial charge is 0.289 e. The van der Waals surface area contributed by atoms with Crippen LogP contribution >= 0.6 is 34.8 Å². The predicted octanol–water partition coefficient (Wildman–Crippen LogP) is 5.05. The van der Waals surface area contributed by atoms with Crippen LogP contribution in [0.5, 0.6) is 0 Å². The first-order valence-electron chi connectivity index (χ1n) is 5.69. The number of rotatable bonds is 4. The summed E-state index contributed by atoms with van der Waals surface area (Å²) in [6, 6.07) is 12.2. The van der Waals surface area contributed by atoms with E-state index in [1.165, 1.54) is 0 Å². The predicted molar refractivity (Wildman–Crippen MR) is 80.4 cm³/mol. The first kappa shape index (κ1) is 14.4. The Hall–Kier alpha value is -1.02. The Morgan fingerprint density at radius 3 is 2.00 bits per heavy atom. The van der Waals surface area contributed by atoms with E-state index in [4.69, 9.17) is 34.8 Å². The van der Waals surface area contributed by atoms with E-state index in [0.717, 1.165) is 11.1 Å². The lowest BCUT2D eigenvalue weighted by Gasteiger charge is -2.07. The number of carbonyl (C=O) groups excluding carboxylic acids is 1. The molecule has 0 aromatic heterocycles. The molecule has 1 nitrogen and oxygen atoms in total. The molecular weight excluding hydrogens is 303 g/mol. The van der Waals surface area contributed by atoms with Gasteiger partial charge in [-0.2, -0.15) is 0 Å². The lowest BCUT2D eigenvalue weighted by atomic mass is 9.99. The highest BCUT2D eigenvalue weighted by Crippen LogP contribution is 2.19. The van der Waals surface area contributed by atoms with E-state index in [-0.39, 0.29) is 5.78 Å². The van der Waals surface area contributed by atoms with E-state index in [0.29, 0.717) is 27.9 Å². The molecule has 0 aliphatic rings. The van der Waals surface area contributed by atoms with Gasteiger partial charge in [0.15, 0.2) is 5.78 Å². The molecule has 98 valence electrons. The highest BCUT2D eigenvalue weighted by atomic mass is 35.5. The van der Waals surface area contributed by atoms with Crippen molar-refractivity contribution in [3.8, 4) is 0 Å². The quantitative estimate of drug-likeness (QED) is 0.570. The summed E-state index contributed by atoms with van der Waals surface area (Å²) in [7, 11) is 0. The number of hydrogen-bond acceptors (Lipinski definition) is 1. The number of halogens is 3. The summed E-state index contributed by atoms with van der Waals surface area (Å²) in [5.41, 5.74) is 3.04. The number of benzene rings is 2. The molecular formula is C15H11Cl3O. The molecule has 0 atom stereocenters. The van der Waals surface area contributed by atoms with Gasteiger partial charge in [-0.1, -0.05) is 23.7 Å². The van der Waals surface area contributed by atoms with Crippen molar-refractivity contribution >= 4 is 40.6 Å². The second-order valence-corrected chi connectivity index (χ2v) is 5.06. The zero-order chi connectivity index (χ0) is 13.8. The minimum absolute atomic E-state index is 0.0517. The molecule has 0 saturated heterocycles. The molecule has 0 N–H and O–H groups in total. The molecule has 2 aromatic carbocycles. The van der Waals surface area contributed by atoms with Crippen molar-refractivity contribution in [2.24, 2.45) is 0 Å². The Bertz CT molecular complexity index is 591. The minimum Gasteiger partial charge on any atom is -0.289 e. The fourth-order valence-electron chi connectivity index (χ4n) is 1.79. The summed E-state index contributed by atoms with van der Waals surface area (Å²) in [5, 5.41) is 0.607. The van der Waals surface area contributed by atoms with Gasteiger partial charge in [0, 0.05) is 27.9 Å². The Morgan fingerprint density at radius 2 is 1.42 bits per heavy atom. The molecule has 0 fully saturated rings. The highest BCUT2D eigenvalue weighted by molar-refractivity contribution is 6.30. The van der Waals surface area contributed by atoms with Crippen molar-refractivity contribution in [1.82, 2.24) is 0 Å². The van der Waals surface area contributed by atoms with Gasteiger partial charge in [0.1, 0.15) is 0 Å². The maximum Gasteiger partial charge on any atom is 0.193 e. The van der Waals surface area contributed by atoms with E-state index in [1.807, 2.05) is 6.07 Å². The third-order valence-electron chi connectivity index (χ3n) is 2.86. The van der Waals surface area contributed by atoms with Crippen LogP contribution in [0.15, 0.2) is 42.5 Å². The van der Waals surface area contributed by atoms with Crippen molar-refractivity contribution in [2.75, 3.05) is 0 Å². The topological polar surface area (TPSA) is 17.1 Å². The van der Waals surface area contributed by atoms with Gasteiger partial charge in [-0.15, -0.1) is 23.2 Å². The molecule has 0 radical (unpaired) electrons. The van der Waals surface area contributed by atoms with Crippen LogP contribution in [0.3, 0.4) is 0 Å². The lowest BCUT2D eigenvalue weighted by molar-refractivity contribution is 0.103. The zero-order valence-electron chi connectivity index (χ0n) is 10.00. The summed E-state index contributed by atoms with van der Waals surface area (Å²) >= 11 is 17.5. The summed E-state index contributed by atoms with van der Waals surface area (Å²) < 4.78 is 0. The molecule has 2 aromatic rings. The lowest BCUT2D eigenvalue weighted by Crippen LogP contribution is -2.03. The van der Waals surface area contributed by atoms with Gasteiger partial charge >= 0.3 is 0 Å². The van der Waals surface area contributed by atoms with E-state index in [2.05, 4.69) is 0 Å². The van der Waals surface area contributed by atoms with E-state index in [9.17, 15) is 4.79 Å². The number of alkyl halides is 2. The highest BCUT2D eigenvalue weighted by Gasteiger charge is 2.11. The standard InChI is InChI=1S/C15H11Cl3O/c16-8-12-2-1-11(7-13(12)9-17)15(19)10-3-5-14(18)6-4-10/h1-7H,8-9H2. The summed E-state index contributed by atoms with van der Waals surface area (Å²) in [6.07, 6.45) is 0. The normalized spacial score (nSPS) is 10.5. The van der Waals surface area contributed by atoms with Crippen LogP contribution in [-0.2, 0) is 11.8 Å². The monoisotopic (exact) mass is 312 g/mol. The van der Waals surface area contributed by atoms with Crippen molar-refractivity contribution < 1.29 is 4.79 Å². The minimum atomic E-state index is -0.0517. The molecule has 19 heavy (non-hydrogen) atoms. The van der Waals surface area contributed by atoms with Gasteiger partial charge < -0.3 is 0 Å². The fourth-order valence-corrected chi connectivity index (χ4v) is 2.43. The zero-order valence-corrected chi connectivity index (χ0v) is 12.3. The van der Waals surface area contributed by atoms with E-state index in [1.54, 1.807) is 36.4 Å². The van der Waals surface area contributed by atoms with Crippen LogP contribution in [0.1, 0.15) is 27.0 Å². The van der Waals surface area contributed by atoms with Gasteiger partial charge in [-0.05, 0) is 41.5 Å². The van der Waals surface area contributed by atoms with Gasteiger partial charge in [0.05, 0.1) is 0 Å². The van der Waals surface area contributed by atoms with E-state index < -0.39 is 0 Å². The molecule has 0 spiro atoms. The Kier molecular flexibility index (Phi) is 4.87. The summed E-state index contributed by atoms with van der Waals surface area (Å²) in [4.78, 5) is 12.3. The number of carbonyl (C=O) groups is 1. The average molecular weight is 314 g/mol. The van der Waals surface area contributed by atoms with Crippen LogP contribution in [0.2, 0.25) is 5.02 Å². The average Bonchev–Trinajstić information content (AvgIpc) is 2.46. The maximum atomic E-state index is 12.3. The van der Waals surface area contributed by atoms with Gasteiger partial charge in [0.2, 0.25) is 0 Å². The molecule has 0 aliphatic heterocycles. The molecule has 0 saturated carbocycles. The number of ketones is 1.